The van der Waals surface area contributed by atoms with Gasteiger partial charge < -0.3 is 9.88 Å². The van der Waals surface area contributed by atoms with Crippen molar-refractivity contribution in [1.29, 1.82) is 0 Å². The lowest BCUT2D eigenvalue weighted by Crippen LogP contribution is -2.51. The van der Waals surface area contributed by atoms with Crippen LogP contribution >= 0.6 is 0 Å². The maximum absolute atomic E-state index is 13.1. The first-order valence-corrected chi connectivity index (χ1v) is 8.84. The van der Waals surface area contributed by atoms with Gasteiger partial charge in [0.2, 0.25) is 5.91 Å². The van der Waals surface area contributed by atoms with Gasteiger partial charge in [0.15, 0.2) is 0 Å². The summed E-state index contributed by atoms with van der Waals surface area (Å²) in [5, 5.41) is 3.21. The van der Waals surface area contributed by atoms with Crippen LogP contribution in [0.2, 0.25) is 0 Å². The number of benzene rings is 1. The third kappa shape index (κ3) is 2.03. The molecule has 0 radical (unpaired) electrons. The van der Waals surface area contributed by atoms with Crippen LogP contribution in [0.4, 0.5) is 5.69 Å². The summed E-state index contributed by atoms with van der Waals surface area (Å²) >= 11 is 0. The molecule has 4 fully saturated rings. The van der Waals surface area contributed by atoms with E-state index in [0.717, 1.165) is 53.7 Å². The fraction of sp³-hybridized carbons (Fsp3) is 0.579. The lowest BCUT2D eigenvalue weighted by Gasteiger charge is -2.55. The smallest absolute Gasteiger partial charge is 0.230 e. The summed E-state index contributed by atoms with van der Waals surface area (Å²) in [6, 6.07) is 6.04. The molecule has 0 atom stereocenters. The molecule has 1 amide bonds. The molecule has 4 bridgehead atoms. The number of rotatable bonds is 2. The molecule has 4 aliphatic carbocycles. The number of carbonyl (C=O) groups excluding carboxylic acids is 1. The first-order chi connectivity index (χ1) is 11.1. The monoisotopic (exact) mass is 309 g/mol. The van der Waals surface area contributed by atoms with Crippen LogP contribution in [-0.4, -0.2) is 15.5 Å². The van der Waals surface area contributed by atoms with Crippen LogP contribution in [0.5, 0.6) is 0 Å². The zero-order chi connectivity index (χ0) is 15.6. The lowest BCUT2D eigenvalue weighted by atomic mass is 9.49. The van der Waals surface area contributed by atoms with E-state index in [1.54, 1.807) is 0 Å². The van der Waals surface area contributed by atoms with Crippen molar-refractivity contribution in [3.8, 4) is 0 Å². The van der Waals surface area contributed by atoms with E-state index in [4.69, 9.17) is 0 Å². The van der Waals surface area contributed by atoms with Crippen molar-refractivity contribution >= 4 is 22.6 Å². The molecular weight excluding hydrogens is 286 g/mol. The van der Waals surface area contributed by atoms with Crippen LogP contribution in [0.3, 0.4) is 0 Å². The first kappa shape index (κ1) is 13.6. The summed E-state index contributed by atoms with van der Waals surface area (Å²) < 4.78 is 2.00. The quantitative estimate of drug-likeness (QED) is 0.919. The number of fused-ring (bicyclic) bond motifs is 1. The summed E-state index contributed by atoms with van der Waals surface area (Å²) in [4.78, 5) is 17.5. The van der Waals surface area contributed by atoms with Crippen molar-refractivity contribution in [2.45, 2.75) is 38.5 Å². The molecule has 2 aromatic rings. The van der Waals surface area contributed by atoms with Gasteiger partial charge in [-0.05, 0) is 74.5 Å². The Morgan fingerprint density at radius 1 is 1.17 bits per heavy atom. The predicted molar refractivity (Wildman–Crippen MR) is 89.9 cm³/mol. The number of hydrogen-bond donors (Lipinski definition) is 1. The van der Waals surface area contributed by atoms with Crippen molar-refractivity contribution in [2.24, 2.45) is 30.2 Å². The molecule has 0 spiro atoms. The predicted octanol–water partition coefficient (Wildman–Crippen LogP) is 3.73. The second-order valence-electron chi connectivity index (χ2n) is 8.21. The van der Waals surface area contributed by atoms with Crippen molar-refractivity contribution in [1.82, 2.24) is 9.55 Å². The Kier molecular flexibility index (Phi) is 2.71. The number of anilines is 1. The third-order valence-corrected chi connectivity index (χ3v) is 6.50. The maximum atomic E-state index is 13.1. The average Bonchev–Trinajstić information content (AvgIpc) is 2.87. The summed E-state index contributed by atoms with van der Waals surface area (Å²) in [5.74, 6) is 2.65. The number of amides is 1. The molecule has 120 valence electrons. The van der Waals surface area contributed by atoms with Gasteiger partial charge in [-0.1, -0.05) is 0 Å². The van der Waals surface area contributed by atoms with Gasteiger partial charge in [0.1, 0.15) is 0 Å². The molecule has 1 N–H and O–H groups in total. The Hall–Kier alpha value is -1.84. The molecular formula is C19H23N3O. The van der Waals surface area contributed by atoms with Crippen LogP contribution in [-0.2, 0) is 11.8 Å². The highest BCUT2D eigenvalue weighted by atomic mass is 16.2. The average molecular weight is 309 g/mol. The van der Waals surface area contributed by atoms with Gasteiger partial charge in [-0.25, -0.2) is 4.98 Å². The molecule has 6 rings (SSSR count). The topological polar surface area (TPSA) is 46.9 Å². The standard InChI is InChI=1S/C19H23N3O/c1-22-11-20-16-7-15(2-3-17(16)22)21-18(23)19-8-12-4-13(9-19)6-14(5-12)10-19/h2-3,7,11-14H,4-6,8-10H2,1H3,(H,21,23). The lowest BCUT2D eigenvalue weighted by molar-refractivity contribution is -0.140. The number of nitrogens with zero attached hydrogens (tertiary/aromatic N) is 2. The number of carbonyl (C=O) groups is 1. The van der Waals surface area contributed by atoms with Gasteiger partial charge in [0, 0.05) is 12.7 Å². The molecule has 0 aliphatic heterocycles. The molecule has 0 saturated heterocycles. The summed E-state index contributed by atoms with van der Waals surface area (Å²) in [6.45, 7) is 0. The Balaban J connectivity index is 1.42. The Bertz CT molecular complexity index is 756. The highest BCUT2D eigenvalue weighted by Gasteiger charge is 2.54. The zero-order valence-electron chi connectivity index (χ0n) is 13.6. The van der Waals surface area contributed by atoms with Crippen molar-refractivity contribution < 1.29 is 4.79 Å². The molecule has 1 heterocycles. The minimum Gasteiger partial charge on any atom is -0.334 e. The van der Waals surface area contributed by atoms with Gasteiger partial charge in [-0.3, -0.25) is 4.79 Å². The summed E-state index contributed by atoms with van der Waals surface area (Å²) in [5.41, 5.74) is 2.83. The highest BCUT2D eigenvalue weighted by Crippen LogP contribution is 2.60. The van der Waals surface area contributed by atoms with E-state index >= 15 is 0 Å². The zero-order valence-corrected chi connectivity index (χ0v) is 13.6. The molecule has 4 heteroatoms. The van der Waals surface area contributed by atoms with Gasteiger partial charge in [0.05, 0.1) is 22.8 Å². The normalized spacial score (nSPS) is 34.9. The van der Waals surface area contributed by atoms with Crippen molar-refractivity contribution in [2.75, 3.05) is 5.32 Å². The number of imidazole rings is 1. The van der Waals surface area contributed by atoms with E-state index in [-0.39, 0.29) is 11.3 Å². The fourth-order valence-corrected chi connectivity index (χ4v) is 5.87. The summed E-state index contributed by atoms with van der Waals surface area (Å²) in [6.07, 6.45) is 9.24. The van der Waals surface area contributed by atoms with Crippen LogP contribution < -0.4 is 5.32 Å². The summed E-state index contributed by atoms with van der Waals surface area (Å²) in [7, 11) is 1.99. The largest absolute Gasteiger partial charge is 0.334 e. The van der Waals surface area contributed by atoms with Crippen LogP contribution in [0.1, 0.15) is 38.5 Å². The van der Waals surface area contributed by atoms with E-state index in [9.17, 15) is 4.79 Å². The van der Waals surface area contributed by atoms with Gasteiger partial charge in [0.25, 0.3) is 0 Å². The Morgan fingerprint density at radius 2 is 1.83 bits per heavy atom. The van der Waals surface area contributed by atoms with E-state index in [0.29, 0.717) is 0 Å². The number of aryl methyl sites for hydroxylation is 1. The maximum Gasteiger partial charge on any atom is 0.230 e. The minimum absolute atomic E-state index is 0.0895. The molecule has 23 heavy (non-hydrogen) atoms. The van der Waals surface area contributed by atoms with Crippen molar-refractivity contribution in [3.63, 3.8) is 0 Å². The highest BCUT2D eigenvalue weighted by molar-refractivity contribution is 5.97. The molecule has 4 nitrogen and oxygen atoms in total. The molecule has 4 saturated carbocycles. The molecule has 0 unspecified atom stereocenters. The Morgan fingerprint density at radius 3 is 2.48 bits per heavy atom. The van der Waals surface area contributed by atoms with Crippen LogP contribution in [0, 0.1) is 23.2 Å². The van der Waals surface area contributed by atoms with Gasteiger partial charge >= 0.3 is 0 Å². The van der Waals surface area contributed by atoms with E-state index in [1.165, 1.54) is 19.3 Å². The minimum atomic E-state index is -0.0895. The van der Waals surface area contributed by atoms with Crippen molar-refractivity contribution in [3.05, 3.63) is 24.5 Å². The molecule has 1 aromatic carbocycles. The fourth-order valence-electron chi connectivity index (χ4n) is 5.87. The third-order valence-electron chi connectivity index (χ3n) is 6.50. The first-order valence-electron chi connectivity index (χ1n) is 8.84. The van der Waals surface area contributed by atoms with E-state index in [2.05, 4.69) is 10.3 Å². The molecule has 4 aliphatic rings. The van der Waals surface area contributed by atoms with Crippen LogP contribution in [0.15, 0.2) is 24.5 Å². The number of aromatic nitrogens is 2. The van der Waals surface area contributed by atoms with Crippen LogP contribution in [0.25, 0.3) is 11.0 Å². The molecule has 1 aromatic heterocycles. The van der Waals surface area contributed by atoms with E-state index < -0.39 is 0 Å². The SMILES string of the molecule is Cn1cnc2cc(NC(=O)C34CC5CC(CC(C5)C3)C4)ccc21. The number of nitrogens with one attached hydrogen (secondary N) is 1. The van der Waals surface area contributed by atoms with Gasteiger partial charge in [-0.2, -0.15) is 0 Å². The number of hydrogen-bond acceptors (Lipinski definition) is 2. The Labute approximate surface area is 136 Å². The van der Waals surface area contributed by atoms with E-state index in [1.807, 2.05) is 36.1 Å². The van der Waals surface area contributed by atoms with Gasteiger partial charge in [-0.15, -0.1) is 0 Å². The second kappa shape index (κ2) is 4.59. The second-order valence-corrected chi connectivity index (χ2v) is 8.21.